The molecule has 0 saturated carbocycles. The number of rotatable bonds is 4. The van der Waals surface area contributed by atoms with E-state index >= 15 is 0 Å². The van der Waals surface area contributed by atoms with Crippen molar-refractivity contribution in [2.45, 2.75) is 45.2 Å². The number of phenolic OH excluding ortho intramolecular Hbond substituents is 1. The Labute approximate surface area is 127 Å². The van der Waals surface area contributed by atoms with Crippen LogP contribution in [0.3, 0.4) is 0 Å². The Bertz CT molecular complexity index is 588. The highest BCUT2D eigenvalue weighted by atomic mass is 32.2. The fraction of sp³-hybridized carbons (Fsp3) is 0.600. The average molecular weight is 312 g/mol. The van der Waals surface area contributed by atoms with Gasteiger partial charge in [0.2, 0.25) is 0 Å². The van der Waals surface area contributed by atoms with Crippen LogP contribution >= 0.6 is 0 Å². The maximum Gasteiger partial charge on any atom is 0.282 e. The maximum atomic E-state index is 12.8. The lowest BCUT2D eigenvalue weighted by molar-refractivity contribution is 0.241. The summed E-state index contributed by atoms with van der Waals surface area (Å²) in [4.78, 5) is 0. The molecular weight excluding hydrogens is 288 g/mol. The van der Waals surface area contributed by atoms with Crippen LogP contribution in [0.15, 0.2) is 24.3 Å². The highest BCUT2D eigenvalue weighted by Gasteiger charge is 2.35. The molecule has 0 radical (unpaired) electrons. The van der Waals surface area contributed by atoms with Gasteiger partial charge >= 0.3 is 0 Å². The normalized spacial score (nSPS) is 22.4. The van der Waals surface area contributed by atoms with E-state index in [4.69, 9.17) is 0 Å². The number of hydrogen-bond acceptors (Lipinski definition) is 3. The van der Waals surface area contributed by atoms with Crippen molar-refractivity contribution in [1.29, 1.82) is 0 Å². The third-order valence-corrected chi connectivity index (χ3v) is 6.51. The Morgan fingerprint density at radius 3 is 2.62 bits per heavy atom. The molecule has 0 amide bonds. The van der Waals surface area contributed by atoms with Crippen LogP contribution in [0.2, 0.25) is 0 Å². The van der Waals surface area contributed by atoms with E-state index in [9.17, 15) is 13.5 Å². The van der Waals surface area contributed by atoms with Crippen molar-refractivity contribution in [3.63, 3.8) is 0 Å². The molecule has 1 heterocycles. The van der Waals surface area contributed by atoms with Gasteiger partial charge in [0.05, 0.1) is 6.04 Å². The lowest BCUT2D eigenvalue weighted by Gasteiger charge is -2.37. The van der Waals surface area contributed by atoms with E-state index in [1.807, 2.05) is 6.92 Å². The maximum absolute atomic E-state index is 12.8. The summed E-state index contributed by atoms with van der Waals surface area (Å²) < 4.78 is 28.5. The molecule has 1 aromatic rings. The van der Waals surface area contributed by atoms with E-state index in [0.717, 1.165) is 19.3 Å². The molecule has 1 fully saturated rings. The monoisotopic (exact) mass is 312 g/mol. The van der Waals surface area contributed by atoms with Crippen molar-refractivity contribution < 1.29 is 13.5 Å². The SMILES string of the molecule is CC(c1ccccc1O)N(C)S(=O)(=O)N1CCCCC1C. The summed E-state index contributed by atoms with van der Waals surface area (Å²) in [5.74, 6) is 0.124. The third-order valence-electron chi connectivity index (χ3n) is 4.33. The van der Waals surface area contributed by atoms with Gasteiger partial charge in [-0.1, -0.05) is 24.6 Å². The van der Waals surface area contributed by atoms with Crippen LogP contribution in [0.25, 0.3) is 0 Å². The fourth-order valence-corrected chi connectivity index (χ4v) is 4.58. The zero-order valence-electron chi connectivity index (χ0n) is 12.9. The third kappa shape index (κ3) is 3.22. The molecule has 0 spiro atoms. The van der Waals surface area contributed by atoms with Gasteiger partial charge in [-0.3, -0.25) is 0 Å². The molecule has 21 heavy (non-hydrogen) atoms. The van der Waals surface area contributed by atoms with E-state index in [2.05, 4.69) is 0 Å². The van der Waals surface area contributed by atoms with E-state index in [-0.39, 0.29) is 11.8 Å². The summed E-state index contributed by atoms with van der Waals surface area (Å²) in [6.07, 6.45) is 2.88. The second kappa shape index (κ2) is 6.34. The lowest BCUT2D eigenvalue weighted by Crippen LogP contribution is -2.49. The number of para-hydroxylation sites is 1. The first kappa shape index (κ1) is 16.3. The molecule has 2 atom stereocenters. The number of benzene rings is 1. The van der Waals surface area contributed by atoms with E-state index < -0.39 is 16.3 Å². The van der Waals surface area contributed by atoms with Crippen molar-refractivity contribution in [3.05, 3.63) is 29.8 Å². The molecule has 6 heteroatoms. The Hall–Kier alpha value is -1.11. The number of phenols is 1. The first-order valence-corrected chi connectivity index (χ1v) is 8.78. The predicted octanol–water partition coefficient (Wildman–Crippen LogP) is 2.50. The van der Waals surface area contributed by atoms with E-state index in [0.29, 0.717) is 12.1 Å². The van der Waals surface area contributed by atoms with Gasteiger partial charge < -0.3 is 5.11 Å². The largest absolute Gasteiger partial charge is 0.508 e. The van der Waals surface area contributed by atoms with Gasteiger partial charge in [0.1, 0.15) is 5.75 Å². The smallest absolute Gasteiger partial charge is 0.282 e. The molecule has 5 nitrogen and oxygen atoms in total. The first-order valence-electron chi connectivity index (χ1n) is 7.38. The molecule has 1 aromatic carbocycles. The quantitative estimate of drug-likeness (QED) is 0.929. The summed E-state index contributed by atoms with van der Waals surface area (Å²) in [5, 5.41) is 9.92. The Morgan fingerprint density at radius 1 is 1.33 bits per heavy atom. The number of piperidine rings is 1. The Morgan fingerprint density at radius 2 is 2.00 bits per heavy atom. The molecule has 0 aliphatic carbocycles. The van der Waals surface area contributed by atoms with Gasteiger partial charge in [0, 0.05) is 25.2 Å². The molecule has 118 valence electrons. The minimum Gasteiger partial charge on any atom is -0.508 e. The molecule has 0 bridgehead atoms. The molecule has 1 N–H and O–H groups in total. The Kier molecular flexibility index (Phi) is 4.91. The molecule has 1 aliphatic rings. The molecular formula is C15H24N2O3S. The van der Waals surface area contributed by atoms with Crippen LogP contribution in [-0.2, 0) is 10.2 Å². The molecule has 1 saturated heterocycles. The predicted molar refractivity (Wildman–Crippen MR) is 83.2 cm³/mol. The van der Waals surface area contributed by atoms with Crippen LogP contribution in [0, 0.1) is 0 Å². The topological polar surface area (TPSA) is 60.9 Å². The lowest BCUT2D eigenvalue weighted by atomic mass is 10.1. The first-order chi connectivity index (χ1) is 9.85. The van der Waals surface area contributed by atoms with Crippen molar-refractivity contribution >= 4 is 10.2 Å². The standard InChI is InChI=1S/C15H24N2O3S/c1-12-8-6-7-11-17(12)21(19,20)16(3)13(2)14-9-4-5-10-15(14)18/h4-5,9-10,12-13,18H,6-8,11H2,1-3H3. The fourth-order valence-electron chi connectivity index (χ4n) is 2.82. The van der Waals surface area contributed by atoms with Crippen LogP contribution in [0.4, 0.5) is 0 Å². The Balaban J connectivity index is 2.25. The van der Waals surface area contributed by atoms with Gasteiger partial charge in [0.25, 0.3) is 10.2 Å². The van der Waals surface area contributed by atoms with Crippen molar-refractivity contribution in [3.8, 4) is 5.75 Å². The van der Waals surface area contributed by atoms with Crippen molar-refractivity contribution in [1.82, 2.24) is 8.61 Å². The highest BCUT2D eigenvalue weighted by Crippen LogP contribution is 2.31. The minimum atomic E-state index is -3.52. The summed E-state index contributed by atoms with van der Waals surface area (Å²) in [6, 6.07) is 6.48. The second-order valence-corrected chi connectivity index (χ2v) is 7.65. The van der Waals surface area contributed by atoms with Gasteiger partial charge in [-0.25, -0.2) is 0 Å². The summed E-state index contributed by atoms with van der Waals surface area (Å²) >= 11 is 0. The zero-order valence-corrected chi connectivity index (χ0v) is 13.7. The molecule has 1 aliphatic heterocycles. The van der Waals surface area contributed by atoms with Crippen LogP contribution in [0.1, 0.15) is 44.7 Å². The number of aromatic hydroxyl groups is 1. The highest BCUT2D eigenvalue weighted by molar-refractivity contribution is 7.86. The zero-order chi connectivity index (χ0) is 15.6. The second-order valence-electron chi connectivity index (χ2n) is 5.71. The number of hydrogen-bond donors (Lipinski definition) is 1. The van der Waals surface area contributed by atoms with Gasteiger partial charge in [-0.05, 0) is 32.8 Å². The van der Waals surface area contributed by atoms with Gasteiger partial charge in [0.15, 0.2) is 0 Å². The van der Waals surface area contributed by atoms with Gasteiger partial charge in [-0.15, -0.1) is 0 Å². The van der Waals surface area contributed by atoms with Crippen molar-refractivity contribution in [2.24, 2.45) is 0 Å². The average Bonchev–Trinajstić information content (AvgIpc) is 2.46. The summed E-state index contributed by atoms with van der Waals surface area (Å²) in [5.41, 5.74) is 0.619. The summed E-state index contributed by atoms with van der Waals surface area (Å²) in [6.45, 7) is 4.32. The van der Waals surface area contributed by atoms with Crippen LogP contribution in [0.5, 0.6) is 5.75 Å². The van der Waals surface area contributed by atoms with Crippen LogP contribution in [-0.4, -0.2) is 41.8 Å². The molecule has 0 aromatic heterocycles. The molecule has 2 rings (SSSR count). The van der Waals surface area contributed by atoms with Gasteiger partial charge in [-0.2, -0.15) is 17.0 Å². The van der Waals surface area contributed by atoms with Crippen molar-refractivity contribution in [2.75, 3.05) is 13.6 Å². The minimum absolute atomic E-state index is 0.0303. The van der Waals surface area contributed by atoms with E-state index in [1.165, 1.54) is 4.31 Å². The van der Waals surface area contributed by atoms with E-state index in [1.54, 1.807) is 42.5 Å². The molecule has 2 unspecified atom stereocenters. The number of nitrogens with zero attached hydrogens (tertiary/aromatic N) is 2. The van der Waals surface area contributed by atoms with Crippen LogP contribution < -0.4 is 0 Å². The summed E-state index contributed by atoms with van der Waals surface area (Å²) in [7, 11) is -1.94.